The molecule has 0 aliphatic carbocycles. The number of rotatable bonds is 22. The molecule has 19 nitrogen and oxygen atoms in total. The number of hydrogen-bond acceptors (Lipinski definition) is 15. The molecule has 4 aromatic rings. The normalized spacial score (nSPS) is 14.9. The second kappa shape index (κ2) is 21.3. The number of nitrogens with one attached hydrogen (secondary N) is 4. The van der Waals surface area contributed by atoms with Gasteiger partial charge >= 0.3 is 0 Å². The van der Waals surface area contributed by atoms with Crippen molar-refractivity contribution < 1.29 is 52.1 Å². The van der Waals surface area contributed by atoms with Crippen LogP contribution < -0.4 is 32.7 Å². The van der Waals surface area contributed by atoms with Crippen molar-refractivity contribution in [2.45, 2.75) is 38.6 Å². The van der Waals surface area contributed by atoms with Crippen molar-refractivity contribution in [2.24, 2.45) is 0 Å². The molecule has 1 fully saturated rings. The summed E-state index contributed by atoms with van der Waals surface area (Å²) >= 11 is 0. The summed E-state index contributed by atoms with van der Waals surface area (Å²) in [5, 5.41) is 11.6. The summed E-state index contributed by atoms with van der Waals surface area (Å²) in [5.74, 6) is -3.29. The summed E-state index contributed by atoms with van der Waals surface area (Å²) in [6.07, 6.45) is 4.61. The minimum Gasteiger partial charge on any atom is -0.397 e. The number of hydrogen-bond donors (Lipinski definition) is 6. The Morgan fingerprint density at radius 2 is 1.55 bits per heavy atom. The van der Waals surface area contributed by atoms with Crippen LogP contribution in [0.4, 0.5) is 27.3 Å². The highest BCUT2D eigenvalue weighted by molar-refractivity contribution is 6.25. The van der Waals surface area contributed by atoms with Gasteiger partial charge in [-0.3, -0.25) is 44.0 Å². The number of nitrogens with zero attached hydrogens (tertiary/aromatic N) is 3. The first kappa shape index (κ1) is 44.9. The molecule has 328 valence electrons. The molecule has 8 N–H and O–H groups in total. The highest BCUT2D eigenvalue weighted by atomic mass is 19.1. The highest BCUT2D eigenvalue weighted by Crippen LogP contribution is 2.36. The SMILES string of the molecule is Cc1c(N)cncc1-c1cc2cc(NC(=O)CCNC(=O)CCOCCOCCOCCOCCNc3cccc4c3C(=O)N(C3CCC(=O)NC3=O)C4=O)ncc2c(N)c1F. The Hall–Kier alpha value is -6.61. The topological polar surface area (TPSA) is 269 Å². The summed E-state index contributed by atoms with van der Waals surface area (Å²) in [6.45, 7) is 4.57. The Morgan fingerprint density at radius 1 is 0.839 bits per heavy atom. The number of piperidine rings is 1. The smallest absolute Gasteiger partial charge is 0.264 e. The third-order valence-electron chi connectivity index (χ3n) is 10.1. The van der Waals surface area contributed by atoms with E-state index in [1.807, 2.05) is 0 Å². The maximum Gasteiger partial charge on any atom is 0.264 e. The summed E-state index contributed by atoms with van der Waals surface area (Å²) < 4.78 is 37.2. The first-order valence-electron chi connectivity index (χ1n) is 20.0. The molecule has 2 aliphatic rings. The largest absolute Gasteiger partial charge is 0.397 e. The standard InChI is InChI=1S/C42H48FN9O10/c1-24-28(21-46-23-30(24)44)27-19-25-20-33(49-22-29(25)39(45)38(27)43)50-36(55)7-9-48-34(53)8-11-59-13-15-61-17-18-62-16-14-60-12-10-47-31-4-2-3-26-37(31)42(58)52(41(26)57)32-5-6-35(54)51-40(32)56/h2-4,19-23,32,47H,5-18,44-45H2,1H3,(H,48,53)(H,49,50,55)(H,51,54,56). The lowest BCUT2D eigenvalue weighted by molar-refractivity contribution is -0.136. The van der Waals surface area contributed by atoms with Gasteiger partial charge in [0.1, 0.15) is 11.9 Å². The number of fused-ring (bicyclic) bond motifs is 2. The zero-order valence-corrected chi connectivity index (χ0v) is 34.1. The number of nitrogens with two attached hydrogens (primary N) is 2. The van der Waals surface area contributed by atoms with Crippen LogP contribution in [-0.2, 0) is 38.1 Å². The van der Waals surface area contributed by atoms with Gasteiger partial charge in [0.25, 0.3) is 11.8 Å². The molecule has 2 aromatic carbocycles. The maximum absolute atomic E-state index is 15.2. The van der Waals surface area contributed by atoms with Crippen LogP contribution in [0.15, 0.2) is 48.9 Å². The molecule has 1 atom stereocenters. The molecule has 0 radical (unpaired) electrons. The fourth-order valence-electron chi connectivity index (χ4n) is 6.83. The summed E-state index contributed by atoms with van der Waals surface area (Å²) in [6, 6.07) is 7.01. The van der Waals surface area contributed by atoms with Gasteiger partial charge in [-0.1, -0.05) is 6.07 Å². The Balaban J connectivity index is 0.766. The number of benzene rings is 2. The van der Waals surface area contributed by atoms with E-state index in [2.05, 4.69) is 31.2 Å². The van der Waals surface area contributed by atoms with E-state index >= 15 is 4.39 Å². The molecule has 20 heteroatoms. The maximum atomic E-state index is 15.2. The third-order valence-corrected chi connectivity index (χ3v) is 10.1. The van der Waals surface area contributed by atoms with Gasteiger partial charge in [-0.05, 0) is 48.6 Å². The van der Waals surface area contributed by atoms with Crippen LogP contribution in [0.1, 0.15) is 52.0 Å². The highest BCUT2D eigenvalue weighted by Gasteiger charge is 2.45. The number of ether oxygens (including phenoxy) is 4. The molecule has 0 spiro atoms. The molecular weight excluding hydrogens is 810 g/mol. The first-order valence-corrected chi connectivity index (χ1v) is 20.0. The number of anilines is 4. The summed E-state index contributed by atoms with van der Waals surface area (Å²) in [4.78, 5) is 84.0. The molecule has 6 amide bonds. The summed E-state index contributed by atoms with van der Waals surface area (Å²) in [7, 11) is 0. The minimum atomic E-state index is -1.04. The number of amides is 6. The van der Waals surface area contributed by atoms with Crippen molar-refractivity contribution in [3.8, 4) is 11.1 Å². The average molecular weight is 858 g/mol. The number of imide groups is 2. The monoisotopic (exact) mass is 857 g/mol. The first-order chi connectivity index (χ1) is 29.9. The minimum absolute atomic E-state index is 0.00442. The fraction of sp³-hybridized carbons (Fsp3) is 0.381. The van der Waals surface area contributed by atoms with Gasteiger partial charge in [-0.2, -0.15) is 0 Å². The van der Waals surface area contributed by atoms with Crippen LogP contribution in [0.3, 0.4) is 0 Å². The lowest BCUT2D eigenvalue weighted by Crippen LogP contribution is -2.54. The van der Waals surface area contributed by atoms with E-state index in [4.69, 9.17) is 30.4 Å². The molecule has 6 rings (SSSR count). The molecule has 0 bridgehead atoms. The van der Waals surface area contributed by atoms with E-state index in [9.17, 15) is 28.8 Å². The van der Waals surface area contributed by atoms with Crippen LogP contribution in [0.2, 0.25) is 0 Å². The second-order valence-corrected chi connectivity index (χ2v) is 14.3. The molecule has 4 heterocycles. The van der Waals surface area contributed by atoms with Crippen LogP contribution in [-0.4, -0.2) is 122 Å². The van der Waals surface area contributed by atoms with E-state index in [1.165, 1.54) is 24.7 Å². The van der Waals surface area contributed by atoms with Crippen molar-refractivity contribution in [1.82, 2.24) is 25.5 Å². The van der Waals surface area contributed by atoms with Crippen LogP contribution in [0, 0.1) is 12.7 Å². The number of pyridine rings is 2. The Bertz CT molecular complexity index is 2350. The molecule has 1 saturated heterocycles. The van der Waals surface area contributed by atoms with Crippen molar-refractivity contribution >= 4 is 69.1 Å². The van der Waals surface area contributed by atoms with Gasteiger partial charge in [0.2, 0.25) is 23.6 Å². The second-order valence-electron chi connectivity index (χ2n) is 14.3. The zero-order chi connectivity index (χ0) is 44.2. The van der Waals surface area contributed by atoms with Crippen molar-refractivity contribution in [1.29, 1.82) is 0 Å². The Labute approximate surface area is 355 Å². The predicted octanol–water partition coefficient (Wildman–Crippen LogP) is 2.32. The van der Waals surface area contributed by atoms with Crippen LogP contribution in [0.25, 0.3) is 21.9 Å². The van der Waals surface area contributed by atoms with Gasteiger partial charge in [0.05, 0.1) is 81.6 Å². The predicted molar refractivity (Wildman–Crippen MR) is 224 cm³/mol. The van der Waals surface area contributed by atoms with Gasteiger partial charge < -0.3 is 46.4 Å². The van der Waals surface area contributed by atoms with Gasteiger partial charge in [-0.15, -0.1) is 0 Å². The van der Waals surface area contributed by atoms with Crippen molar-refractivity contribution in [3.05, 3.63) is 71.4 Å². The van der Waals surface area contributed by atoms with Crippen molar-refractivity contribution in [3.63, 3.8) is 0 Å². The Morgan fingerprint density at radius 3 is 2.27 bits per heavy atom. The molecule has 2 aromatic heterocycles. The van der Waals surface area contributed by atoms with Gasteiger partial charge in [-0.25, -0.2) is 9.37 Å². The molecule has 62 heavy (non-hydrogen) atoms. The van der Waals surface area contributed by atoms with Crippen LogP contribution >= 0.6 is 0 Å². The van der Waals surface area contributed by atoms with Gasteiger partial charge in [0, 0.05) is 66.9 Å². The lowest BCUT2D eigenvalue weighted by Gasteiger charge is -2.27. The lowest BCUT2D eigenvalue weighted by atomic mass is 9.97. The number of carbonyl (C=O) groups is 6. The third kappa shape index (κ3) is 11.0. The van der Waals surface area contributed by atoms with E-state index in [1.54, 1.807) is 31.2 Å². The molecule has 2 aliphatic heterocycles. The number of carbonyl (C=O) groups excluding carboxylic acids is 6. The van der Waals surface area contributed by atoms with E-state index in [0.29, 0.717) is 79.5 Å². The Kier molecular flexibility index (Phi) is 15.4. The quantitative estimate of drug-likeness (QED) is 0.0376. The van der Waals surface area contributed by atoms with E-state index in [-0.39, 0.29) is 85.5 Å². The molecule has 0 saturated carbocycles. The molecule has 1 unspecified atom stereocenters. The number of nitrogen functional groups attached to an aromatic ring is 2. The summed E-state index contributed by atoms with van der Waals surface area (Å²) in [5.41, 5.74) is 14.6. The van der Waals surface area contributed by atoms with E-state index in [0.717, 1.165) is 4.90 Å². The number of halogens is 1. The average Bonchev–Trinajstić information content (AvgIpc) is 3.50. The van der Waals surface area contributed by atoms with E-state index < -0.39 is 35.5 Å². The molecular formula is C42H48FN9O10. The van der Waals surface area contributed by atoms with Crippen LogP contribution in [0.5, 0.6) is 0 Å². The fourth-order valence-corrected chi connectivity index (χ4v) is 6.83. The zero-order valence-electron chi connectivity index (χ0n) is 34.1. The van der Waals surface area contributed by atoms with Crippen molar-refractivity contribution in [2.75, 3.05) is 88.0 Å². The van der Waals surface area contributed by atoms with Gasteiger partial charge in [0.15, 0.2) is 5.82 Å². The number of aromatic nitrogens is 2.